The summed E-state index contributed by atoms with van der Waals surface area (Å²) in [5.74, 6) is -0.758. The summed E-state index contributed by atoms with van der Waals surface area (Å²) in [5.41, 5.74) is 0.484. The number of hydrogen-bond acceptors (Lipinski definition) is 7. The maximum atomic E-state index is 12.3. The predicted molar refractivity (Wildman–Crippen MR) is 115 cm³/mol. The zero-order chi connectivity index (χ0) is 22.1. The van der Waals surface area contributed by atoms with Crippen molar-refractivity contribution >= 4 is 55.9 Å². The smallest absolute Gasteiger partial charge is 0.303 e. The van der Waals surface area contributed by atoms with Gasteiger partial charge in [-0.15, -0.1) is 0 Å². The van der Waals surface area contributed by atoms with E-state index in [2.05, 4.69) is 4.99 Å². The minimum Gasteiger partial charge on any atom is -0.495 e. The van der Waals surface area contributed by atoms with E-state index >= 15 is 0 Å². The molecule has 0 unspecified atom stereocenters. The molecule has 2 aliphatic rings. The number of thioether (sulfide) groups is 1. The van der Waals surface area contributed by atoms with Crippen LogP contribution in [0.2, 0.25) is 5.02 Å². The second kappa shape index (κ2) is 9.03. The summed E-state index contributed by atoms with van der Waals surface area (Å²) in [7, 11) is -0.300. The molecule has 1 aromatic rings. The highest BCUT2D eigenvalue weighted by atomic mass is 35.5. The number of carbonyl (C=O) groups excluding carboxylic acids is 1. The Morgan fingerprint density at radius 3 is 2.57 bits per heavy atom. The number of nitrogens with zero attached hydrogens (tertiary/aromatic N) is 2. The third-order valence-corrected chi connectivity index (χ3v) is 8.29. The fraction of sp³-hybridized carbons (Fsp3) is 0.500. The number of carboxylic acids is 1. The topological polar surface area (TPSA) is 123 Å². The van der Waals surface area contributed by atoms with E-state index < -0.39 is 27.8 Å². The lowest BCUT2D eigenvalue weighted by Crippen LogP contribution is -2.38. The van der Waals surface area contributed by atoms with Gasteiger partial charge in [-0.2, -0.15) is 4.99 Å². The molecule has 1 N–H and O–H groups in total. The molecule has 0 spiro atoms. The van der Waals surface area contributed by atoms with E-state index in [-0.39, 0.29) is 36.0 Å². The maximum Gasteiger partial charge on any atom is 0.303 e. The van der Waals surface area contributed by atoms with E-state index in [0.29, 0.717) is 27.4 Å². The van der Waals surface area contributed by atoms with Gasteiger partial charge in [0.05, 0.1) is 42.5 Å². The third-order valence-electron chi connectivity index (χ3n) is 4.78. The van der Waals surface area contributed by atoms with Crippen LogP contribution in [0.3, 0.4) is 0 Å². The van der Waals surface area contributed by atoms with Crippen LogP contribution in [0.15, 0.2) is 17.1 Å². The van der Waals surface area contributed by atoms with E-state index in [9.17, 15) is 18.0 Å². The molecule has 164 valence electrons. The fourth-order valence-corrected chi connectivity index (χ4v) is 7.59. The van der Waals surface area contributed by atoms with Crippen molar-refractivity contribution in [3.8, 4) is 11.5 Å². The summed E-state index contributed by atoms with van der Waals surface area (Å²) in [6, 6.07) is 2.76. The molecule has 2 saturated heterocycles. The fourth-order valence-electron chi connectivity index (χ4n) is 3.43. The van der Waals surface area contributed by atoms with Crippen LogP contribution in [0, 0.1) is 0 Å². The molecule has 1 aromatic carbocycles. The molecule has 0 aromatic heterocycles. The highest BCUT2D eigenvalue weighted by Crippen LogP contribution is 2.46. The van der Waals surface area contributed by atoms with Gasteiger partial charge in [0.25, 0.3) is 0 Å². The van der Waals surface area contributed by atoms with Crippen LogP contribution in [0.5, 0.6) is 11.5 Å². The molecule has 2 fully saturated rings. The number of benzene rings is 1. The minimum absolute atomic E-state index is 0.0155. The van der Waals surface area contributed by atoms with Crippen molar-refractivity contribution in [1.29, 1.82) is 0 Å². The standard InChI is InChI=1S/C18H21ClN2O7S2/c1-27-13-7-14(28-2)11(6-10(13)19)21-12-8-30(25,26)9-15(12)29-18(21)20-16(22)4-3-5-17(23)24/h6-7,12,15H,3-5,8-9H2,1-2H3,(H,23,24)/t12-,15+/m0/s1. The number of halogens is 1. The number of methoxy groups -OCH3 is 2. The van der Waals surface area contributed by atoms with Gasteiger partial charge in [-0.3, -0.25) is 9.59 Å². The number of ether oxygens (including phenoxy) is 2. The third kappa shape index (κ3) is 4.84. The summed E-state index contributed by atoms with van der Waals surface area (Å²) in [6.07, 6.45) is 0.0335. The second-order valence-corrected chi connectivity index (χ2v) is 10.6. The van der Waals surface area contributed by atoms with Gasteiger partial charge in [0.2, 0.25) is 5.91 Å². The van der Waals surface area contributed by atoms with Crippen molar-refractivity contribution in [3.63, 3.8) is 0 Å². The van der Waals surface area contributed by atoms with Gasteiger partial charge in [0.1, 0.15) is 11.5 Å². The van der Waals surface area contributed by atoms with E-state index in [1.807, 2.05) is 0 Å². The monoisotopic (exact) mass is 476 g/mol. The predicted octanol–water partition coefficient (Wildman–Crippen LogP) is 2.21. The summed E-state index contributed by atoms with van der Waals surface area (Å²) in [5, 5.41) is 9.09. The Kier molecular flexibility index (Phi) is 6.83. The minimum atomic E-state index is -3.23. The number of hydrogen-bond donors (Lipinski definition) is 1. The number of amides is 1. The molecule has 0 bridgehead atoms. The van der Waals surface area contributed by atoms with Gasteiger partial charge in [-0.1, -0.05) is 23.4 Å². The number of sulfone groups is 1. The molecule has 0 aliphatic carbocycles. The summed E-state index contributed by atoms with van der Waals surface area (Å²) >= 11 is 7.51. The van der Waals surface area contributed by atoms with Gasteiger partial charge in [-0.05, 0) is 12.5 Å². The quantitative estimate of drug-likeness (QED) is 0.630. The average molecular weight is 477 g/mol. The summed E-state index contributed by atoms with van der Waals surface area (Å²) in [4.78, 5) is 28.8. The van der Waals surface area contributed by atoms with E-state index in [4.69, 9.17) is 26.2 Å². The SMILES string of the molecule is COc1cc(OC)c(N2C(=NC(=O)CCCC(=O)O)S[C@@H]3CS(=O)(=O)C[C@@H]32)cc1Cl. The first-order chi connectivity index (χ1) is 14.1. The van der Waals surface area contributed by atoms with Gasteiger partial charge in [-0.25, -0.2) is 8.42 Å². The molecule has 9 nitrogen and oxygen atoms in total. The number of aliphatic imine (C=N–C) groups is 1. The van der Waals surface area contributed by atoms with E-state index in [1.54, 1.807) is 17.0 Å². The molecule has 30 heavy (non-hydrogen) atoms. The van der Waals surface area contributed by atoms with Crippen LogP contribution in [-0.2, 0) is 19.4 Å². The lowest BCUT2D eigenvalue weighted by Gasteiger charge is -2.26. The van der Waals surface area contributed by atoms with Crippen LogP contribution in [0.4, 0.5) is 5.69 Å². The molecule has 2 atom stereocenters. The zero-order valence-electron chi connectivity index (χ0n) is 16.3. The first-order valence-electron chi connectivity index (χ1n) is 9.06. The van der Waals surface area contributed by atoms with Crippen molar-refractivity contribution < 1.29 is 32.6 Å². The normalized spacial score (nSPS) is 23.4. The van der Waals surface area contributed by atoms with Crippen LogP contribution >= 0.6 is 23.4 Å². The molecule has 3 rings (SSSR count). The molecule has 0 radical (unpaired) electrons. The molecular weight excluding hydrogens is 456 g/mol. The van der Waals surface area contributed by atoms with Gasteiger partial charge in [0.15, 0.2) is 15.0 Å². The second-order valence-electron chi connectivity index (χ2n) is 6.86. The van der Waals surface area contributed by atoms with Crippen LogP contribution in [-0.4, -0.2) is 67.6 Å². The van der Waals surface area contributed by atoms with Gasteiger partial charge in [0, 0.05) is 24.2 Å². The lowest BCUT2D eigenvalue weighted by atomic mass is 10.1. The van der Waals surface area contributed by atoms with Crippen molar-refractivity contribution in [3.05, 3.63) is 17.2 Å². The van der Waals surface area contributed by atoms with E-state index in [0.717, 1.165) is 0 Å². The highest BCUT2D eigenvalue weighted by molar-refractivity contribution is 8.16. The highest BCUT2D eigenvalue weighted by Gasteiger charge is 2.50. The molecule has 2 heterocycles. The van der Waals surface area contributed by atoms with Crippen LogP contribution in [0.25, 0.3) is 0 Å². The molecule has 0 saturated carbocycles. The Morgan fingerprint density at radius 2 is 1.93 bits per heavy atom. The Balaban J connectivity index is 1.98. The first-order valence-corrected chi connectivity index (χ1v) is 12.1. The van der Waals surface area contributed by atoms with Crippen molar-refractivity contribution in [2.45, 2.75) is 30.6 Å². The number of carbonyl (C=O) groups is 2. The number of fused-ring (bicyclic) bond motifs is 1. The van der Waals surface area contributed by atoms with E-state index in [1.165, 1.54) is 26.0 Å². The maximum absolute atomic E-state index is 12.3. The molecule has 12 heteroatoms. The van der Waals surface area contributed by atoms with Crippen molar-refractivity contribution in [2.75, 3.05) is 30.6 Å². The van der Waals surface area contributed by atoms with Gasteiger partial charge < -0.3 is 19.5 Å². The molecule has 1 amide bonds. The molecule has 2 aliphatic heterocycles. The summed E-state index contributed by atoms with van der Waals surface area (Å²) < 4.78 is 35.1. The molecular formula is C18H21ClN2O7S2. The van der Waals surface area contributed by atoms with Crippen molar-refractivity contribution in [1.82, 2.24) is 0 Å². The zero-order valence-corrected chi connectivity index (χ0v) is 18.7. The number of aliphatic carboxylic acids is 1. The number of carboxylic acid groups (broad SMARTS) is 1. The van der Waals surface area contributed by atoms with Crippen LogP contribution in [0.1, 0.15) is 19.3 Å². The number of rotatable bonds is 7. The first kappa shape index (κ1) is 22.7. The van der Waals surface area contributed by atoms with Gasteiger partial charge >= 0.3 is 5.97 Å². The van der Waals surface area contributed by atoms with Crippen LogP contribution < -0.4 is 14.4 Å². The Labute approximate surface area is 183 Å². The number of anilines is 1. The summed E-state index contributed by atoms with van der Waals surface area (Å²) in [6.45, 7) is 0. The Hall–Kier alpha value is -1.98. The lowest BCUT2D eigenvalue weighted by molar-refractivity contribution is -0.137. The van der Waals surface area contributed by atoms with Crippen molar-refractivity contribution in [2.24, 2.45) is 4.99 Å². The number of amidine groups is 1. The average Bonchev–Trinajstić information content (AvgIpc) is 3.11. The largest absolute Gasteiger partial charge is 0.495 e. The Bertz CT molecular complexity index is 996. The Morgan fingerprint density at radius 1 is 1.23 bits per heavy atom.